The van der Waals surface area contributed by atoms with Crippen molar-refractivity contribution in [1.29, 1.82) is 0 Å². The second-order valence-electron chi connectivity index (χ2n) is 7.50. The van der Waals surface area contributed by atoms with Crippen molar-refractivity contribution < 1.29 is 9.59 Å². The lowest BCUT2D eigenvalue weighted by Crippen LogP contribution is -2.30. The largest absolute Gasteiger partial charge is 0.335 e. The van der Waals surface area contributed by atoms with Crippen molar-refractivity contribution in [2.75, 3.05) is 24.5 Å². The highest BCUT2D eigenvalue weighted by molar-refractivity contribution is 5.95. The van der Waals surface area contributed by atoms with E-state index in [0.717, 1.165) is 36.4 Å². The maximum atomic E-state index is 13.2. The number of carbonyl (C=O) groups is 2. The van der Waals surface area contributed by atoms with E-state index in [1.54, 1.807) is 11.1 Å². The number of rotatable bonds is 3. The van der Waals surface area contributed by atoms with Crippen molar-refractivity contribution in [1.82, 2.24) is 24.1 Å². The van der Waals surface area contributed by atoms with Gasteiger partial charge >= 0.3 is 0 Å². The van der Waals surface area contributed by atoms with E-state index in [2.05, 4.69) is 10.1 Å². The summed E-state index contributed by atoms with van der Waals surface area (Å²) in [6.45, 7) is 3.92. The Hall–Kier alpha value is -3.16. The minimum atomic E-state index is 0.000741. The van der Waals surface area contributed by atoms with Crippen LogP contribution < -0.4 is 4.90 Å². The molecule has 2 aliphatic heterocycles. The minimum absolute atomic E-state index is 0.000741. The summed E-state index contributed by atoms with van der Waals surface area (Å²) < 4.78 is 3.76. The van der Waals surface area contributed by atoms with E-state index < -0.39 is 0 Å². The fraction of sp³-hybridized carbons (Fsp3) is 0.400. The molecule has 2 fully saturated rings. The summed E-state index contributed by atoms with van der Waals surface area (Å²) in [5.74, 6) is 0.159. The molecular formula is C20H22N6O2. The SMILES string of the molecule is Cc1nc2ccccn2c1C(=O)N1CCC(n2cc(N3CCCC3=O)cn2)C1. The summed E-state index contributed by atoms with van der Waals surface area (Å²) in [6, 6.07) is 5.85. The molecule has 0 spiro atoms. The molecule has 5 heterocycles. The Morgan fingerprint density at radius 3 is 2.96 bits per heavy atom. The molecule has 28 heavy (non-hydrogen) atoms. The maximum Gasteiger partial charge on any atom is 0.272 e. The van der Waals surface area contributed by atoms with Crippen LogP contribution in [-0.2, 0) is 4.79 Å². The highest BCUT2D eigenvalue weighted by Gasteiger charge is 2.32. The first kappa shape index (κ1) is 17.0. The molecule has 2 amide bonds. The average Bonchev–Trinajstić information content (AvgIpc) is 3.46. The Morgan fingerprint density at radius 2 is 2.14 bits per heavy atom. The van der Waals surface area contributed by atoms with Crippen LogP contribution in [0.5, 0.6) is 0 Å². The average molecular weight is 378 g/mol. The number of carbonyl (C=O) groups excluding carboxylic acids is 2. The molecular weight excluding hydrogens is 356 g/mol. The van der Waals surface area contributed by atoms with Gasteiger partial charge in [-0.1, -0.05) is 6.07 Å². The topological polar surface area (TPSA) is 75.7 Å². The van der Waals surface area contributed by atoms with E-state index in [1.807, 2.05) is 51.5 Å². The summed E-state index contributed by atoms with van der Waals surface area (Å²) in [7, 11) is 0. The van der Waals surface area contributed by atoms with Crippen molar-refractivity contribution in [2.45, 2.75) is 32.2 Å². The number of likely N-dealkylation sites (tertiary alicyclic amines) is 1. The Kier molecular flexibility index (Phi) is 3.92. The van der Waals surface area contributed by atoms with Crippen LogP contribution >= 0.6 is 0 Å². The van der Waals surface area contributed by atoms with Crippen molar-refractivity contribution in [2.24, 2.45) is 0 Å². The van der Waals surface area contributed by atoms with E-state index in [9.17, 15) is 9.59 Å². The summed E-state index contributed by atoms with van der Waals surface area (Å²) in [5, 5.41) is 4.47. The van der Waals surface area contributed by atoms with Gasteiger partial charge in [0.25, 0.3) is 5.91 Å². The predicted octanol–water partition coefficient (Wildman–Crippen LogP) is 2.05. The van der Waals surface area contributed by atoms with Crippen LogP contribution in [0.4, 0.5) is 5.69 Å². The zero-order valence-electron chi connectivity index (χ0n) is 15.8. The third kappa shape index (κ3) is 2.67. The molecule has 2 saturated heterocycles. The Labute approximate surface area is 162 Å². The van der Waals surface area contributed by atoms with Crippen molar-refractivity contribution in [3.05, 3.63) is 48.2 Å². The van der Waals surface area contributed by atoms with Gasteiger partial charge in [-0.15, -0.1) is 0 Å². The number of hydrogen-bond acceptors (Lipinski definition) is 4. The number of pyridine rings is 1. The fourth-order valence-electron chi connectivity index (χ4n) is 4.25. The third-order valence-corrected chi connectivity index (χ3v) is 5.70. The molecule has 0 radical (unpaired) electrons. The molecule has 1 unspecified atom stereocenters. The van der Waals surface area contributed by atoms with Gasteiger partial charge in [-0.05, 0) is 31.9 Å². The molecule has 0 saturated carbocycles. The second-order valence-corrected chi connectivity index (χ2v) is 7.50. The van der Waals surface area contributed by atoms with Crippen LogP contribution in [0.25, 0.3) is 5.65 Å². The van der Waals surface area contributed by atoms with Gasteiger partial charge in [-0.3, -0.25) is 18.7 Å². The number of anilines is 1. The quantitative estimate of drug-likeness (QED) is 0.699. The molecule has 5 rings (SSSR count). The van der Waals surface area contributed by atoms with E-state index in [4.69, 9.17) is 0 Å². The Bertz CT molecular complexity index is 1070. The van der Waals surface area contributed by atoms with Crippen LogP contribution in [0, 0.1) is 6.92 Å². The van der Waals surface area contributed by atoms with E-state index >= 15 is 0 Å². The predicted molar refractivity (Wildman–Crippen MR) is 103 cm³/mol. The first-order chi connectivity index (χ1) is 13.6. The van der Waals surface area contributed by atoms with Crippen LogP contribution in [-0.4, -0.2) is 55.5 Å². The smallest absolute Gasteiger partial charge is 0.272 e. The second kappa shape index (κ2) is 6.47. The molecule has 0 aliphatic carbocycles. The minimum Gasteiger partial charge on any atom is -0.335 e. The summed E-state index contributed by atoms with van der Waals surface area (Å²) in [6.07, 6.45) is 7.91. The zero-order valence-corrected chi connectivity index (χ0v) is 15.8. The molecule has 144 valence electrons. The first-order valence-corrected chi connectivity index (χ1v) is 9.69. The normalized spacial score (nSPS) is 19.9. The number of amides is 2. The van der Waals surface area contributed by atoms with Crippen molar-refractivity contribution >= 4 is 23.1 Å². The molecule has 3 aromatic rings. The van der Waals surface area contributed by atoms with Crippen LogP contribution in [0.3, 0.4) is 0 Å². The lowest BCUT2D eigenvalue weighted by molar-refractivity contribution is -0.117. The standard InChI is InChI=1S/C20H22N6O2/c1-14-19(25-8-3-2-5-17(25)22-14)20(28)23-10-7-15(12-23)26-13-16(11-21-26)24-9-4-6-18(24)27/h2-3,5,8,11,13,15H,4,6-7,9-10,12H2,1H3. The van der Waals surface area contributed by atoms with Crippen LogP contribution in [0.15, 0.2) is 36.8 Å². The van der Waals surface area contributed by atoms with E-state index in [0.29, 0.717) is 25.2 Å². The third-order valence-electron chi connectivity index (χ3n) is 5.70. The molecule has 8 nitrogen and oxygen atoms in total. The summed E-state index contributed by atoms with van der Waals surface area (Å²) in [4.78, 5) is 33.3. The zero-order chi connectivity index (χ0) is 19.3. The van der Waals surface area contributed by atoms with Crippen molar-refractivity contribution in [3.63, 3.8) is 0 Å². The van der Waals surface area contributed by atoms with Gasteiger partial charge in [0, 0.05) is 38.4 Å². The van der Waals surface area contributed by atoms with E-state index in [1.165, 1.54) is 0 Å². The molecule has 3 aromatic heterocycles. The molecule has 2 aliphatic rings. The van der Waals surface area contributed by atoms with Gasteiger partial charge in [0.15, 0.2) is 0 Å². The summed E-state index contributed by atoms with van der Waals surface area (Å²) >= 11 is 0. The van der Waals surface area contributed by atoms with Gasteiger partial charge in [0.2, 0.25) is 5.91 Å². The number of hydrogen-bond donors (Lipinski definition) is 0. The number of aryl methyl sites for hydroxylation is 1. The van der Waals surface area contributed by atoms with Gasteiger partial charge in [0.05, 0.1) is 23.6 Å². The molecule has 8 heteroatoms. The van der Waals surface area contributed by atoms with Gasteiger partial charge in [-0.2, -0.15) is 5.10 Å². The Balaban J connectivity index is 1.34. The van der Waals surface area contributed by atoms with Crippen LogP contribution in [0.1, 0.15) is 41.5 Å². The molecule has 0 N–H and O–H groups in total. The molecule has 0 aromatic carbocycles. The molecule has 1 atom stereocenters. The lowest BCUT2D eigenvalue weighted by Gasteiger charge is -2.17. The number of nitrogens with zero attached hydrogens (tertiary/aromatic N) is 6. The maximum absolute atomic E-state index is 13.2. The summed E-state index contributed by atoms with van der Waals surface area (Å²) in [5.41, 5.74) is 3.00. The lowest BCUT2D eigenvalue weighted by atomic mass is 10.3. The monoisotopic (exact) mass is 378 g/mol. The van der Waals surface area contributed by atoms with E-state index in [-0.39, 0.29) is 17.9 Å². The number of fused-ring (bicyclic) bond motifs is 1. The Morgan fingerprint density at radius 1 is 1.25 bits per heavy atom. The number of aromatic nitrogens is 4. The highest BCUT2D eigenvalue weighted by atomic mass is 16.2. The van der Waals surface area contributed by atoms with Gasteiger partial charge < -0.3 is 9.80 Å². The van der Waals surface area contributed by atoms with Crippen LogP contribution in [0.2, 0.25) is 0 Å². The first-order valence-electron chi connectivity index (χ1n) is 9.69. The van der Waals surface area contributed by atoms with Crippen molar-refractivity contribution in [3.8, 4) is 0 Å². The van der Waals surface area contributed by atoms with Gasteiger partial charge in [0.1, 0.15) is 11.3 Å². The van der Waals surface area contributed by atoms with Gasteiger partial charge in [-0.25, -0.2) is 4.98 Å². The highest BCUT2D eigenvalue weighted by Crippen LogP contribution is 2.27. The number of imidazole rings is 1. The fourth-order valence-corrected chi connectivity index (χ4v) is 4.25. The molecule has 0 bridgehead atoms.